The van der Waals surface area contributed by atoms with Crippen molar-refractivity contribution in [2.75, 3.05) is 33.8 Å². The molecule has 1 atom stereocenters. The first-order chi connectivity index (χ1) is 10.2. The van der Waals surface area contributed by atoms with Gasteiger partial charge in [-0.1, -0.05) is 58.0 Å². The van der Waals surface area contributed by atoms with Gasteiger partial charge in [-0.15, -0.1) is 0 Å². The molecule has 1 N–H and O–H groups in total. The maximum Gasteiger partial charge on any atom is 0.198 e. The number of aliphatic hydroxyl groups excluding tert-OH is 1. The van der Waals surface area contributed by atoms with Crippen LogP contribution in [0.2, 0.25) is 0 Å². The predicted octanol–water partition coefficient (Wildman–Crippen LogP) is 5.52. The first-order valence-electron chi connectivity index (χ1n) is 7.48. The van der Waals surface area contributed by atoms with Gasteiger partial charge in [-0.25, -0.2) is 0 Å². The van der Waals surface area contributed by atoms with Crippen LogP contribution in [0.3, 0.4) is 0 Å². The molecule has 0 bridgehead atoms. The van der Waals surface area contributed by atoms with Crippen molar-refractivity contribution >= 4 is 14.5 Å². The Morgan fingerprint density at radius 1 is 0.870 bits per heavy atom. The molecule has 1 aromatic carbocycles. The molecule has 0 saturated heterocycles. The van der Waals surface area contributed by atoms with Crippen molar-refractivity contribution < 1.29 is 51.5 Å². The van der Waals surface area contributed by atoms with Gasteiger partial charge in [-0.2, -0.15) is 0 Å². The van der Waals surface area contributed by atoms with Crippen LogP contribution in [0, 0.1) is 0 Å². The Labute approximate surface area is 168 Å². The normalized spacial score (nSPS) is 11.0. The van der Waals surface area contributed by atoms with Crippen LogP contribution in [0.1, 0.15) is 39.1 Å². The van der Waals surface area contributed by atoms with Gasteiger partial charge in [0.2, 0.25) is 0 Å². The SMILES string of the molecule is CC.CC.CO.CP(C)(=O)OC(c1ccccc1)P(C)(C)=O.[Y]. The maximum absolute atomic E-state index is 12.1. The summed E-state index contributed by atoms with van der Waals surface area (Å²) < 4.78 is 29.3. The van der Waals surface area contributed by atoms with Gasteiger partial charge in [0.1, 0.15) is 13.0 Å². The molecular weight excluding hydrogens is 407 g/mol. The Balaban J connectivity index is -0.000000231. The van der Waals surface area contributed by atoms with E-state index in [2.05, 4.69) is 0 Å². The molecule has 0 aromatic heterocycles. The van der Waals surface area contributed by atoms with Crippen LogP contribution in [-0.2, 0) is 46.4 Å². The molecule has 0 aliphatic heterocycles. The monoisotopic (exact) mass is 441 g/mol. The third kappa shape index (κ3) is 17.3. The average Bonchev–Trinajstić information content (AvgIpc) is 2.50. The summed E-state index contributed by atoms with van der Waals surface area (Å²) in [5.74, 6) is -0.575. The van der Waals surface area contributed by atoms with Crippen LogP contribution < -0.4 is 0 Å². The zero-order chi connectivity index (χ0) is 18.4. The minimum absolute atomic E-state index is 0. The average molecular weight is 441 g/mol. The van der Waals surface area contributed by atoms with Gasteiger partial charge in [0.25, 0.3) is 0 Å². The number of hydrogen-bond acceptors (Lipinski definition) is 4. The standard InChI is InChI=1S/C11H18O3P2.2C2H6.CH4O.Y/c1-15(2,12)11(14-16(3,4)13)10-8-6-5-7-9-10;3*1-2;/h5-9,11H,1-4H3;2*1-2H3;2H,1H3;. The molecule has 135 valence electrons. The zero-order valence-corrected chi connectivity index (χ0v) is 20.7. The topological polar surface area (TPSA) is 63.6 Å². The Kier molecular flexibility index (Phi) is 24.0. The molecule has 0 fully saturated rings. The molecule has 7 heteroatoms. The summed E-state index contributed by atoms with van der Waals surface area (Å²) in [6.07, 6.45) is 0. The first-order valence-corrected chi connectivity index (χ1v) is 12.7. The van der Waals surface area contributed by atoms with Crippen molar-refractivity contribution in [3.05, 3.63) is 35.9 Å². The van der Waals surface area contributed by atoms with Crippen LogP contribution in [0.15, 0.2) is 30.3 Å². The Hall–Kier alpha value is 0.704. The summed E-state index contributed by atoms with van der Waals surface area (Å²) in [5.41, 5.74) is 0.819. The van der Waals surface area contributed by atoms with Crippen molar-refractivity contribution in [3.8, 4) is 0 Å². The van der Waals surface area contributed by atoms with E-state index < -0.39 is 20.4 Å². The summed E-state index contributed by atoms with van der Waals surface area (Å²) >= 11 is 0. The Morgan fingerprint density at radius 2 is 1.22 bits per heavy atom. The van der Waals surface area contributed by atoms with E-state index in [-0.39, 0.29) is 32.7 Å². The second-order valence-electron chi connectivity index (χ2n) is 4.55. The third-order valence-corrected chi connectivity index (χ3v) is 4.42. The predicted molar refractivity (Wildman–Crippen MR) is 100 cm³/mol. The number of rotatable bonds is 4. The summed E-state index contributed by atoms with van der Waals surface area (Å²) in [6.45, 7) is 14.4. The summed E-state index contributed by atoms with van der Waals surface area (Å²) in [5, 5.41) is 7.00. The molecule has 1 rings (SSSR count). The van der Waals surface area contributed by atoms with Crippen molar-refractivity contribution in [1.82, 2.24) is 0 Å². The molecular formula is C16H34O4P2Y. The van der Waals surface area contributed by atoms with Gasteiger partial charge in [0, 0.05) is 53.1 Å². The molecule has 1 aromatic rings. The number of aliphatic hydroxyl groups is 1. The second kappa shape index (κ2) is 17.5. The van der Waals surface area contributed by atoms with Crippen LogP contribution >= 0.6 is 14.5 Å². The smallest absolute Gasteiger partial charge is 0.198 e. The van der Waals surface area contributed by atoms with Crippen LogP contribution in [-0.4, -0.2) is 38.9 Å². The van der Waals surface area contributed by atoms with Gasteiger partial charge in [-0.05, 0) is 18.9 Å². The number of hydrogen-bond donors (Lipinski definition) is 1. The van der Waals surface area contributed by atoms with E-state index in [1.165, 1.54) is 0 Å². The van der Waals surface area contributed by atoms with Gasteiger partial charge < -0.3 is 14.2 Å². The summed E-state index contributed by atoms with van der Waals surface area (Å²) in [4.78, 5) is 0. The van der Waals surface area contributed by atoms with E-state index in [1.807, 2.05) is 58.0 Å². The summed E-state index contributed by atoms with van der Waals surface area (Å²) in [6, 6.07) is 9.30. The van der Waals surface area contributed by atoms with E-state index in [1.54, 1.807) is 26.7 Å². The molecule has 0 aliphatic rings. The van der Waals surface area contributed by atoms with E-state index in [9.17, 15) is 9.13 Å². The maximum atomic E-state index is 12.1. The molecule has 4 nitrogen and oxygen atoms in total. The van der Waals surface area contributed by atoms with E-state index in [4.69, 9.17) is 9.63 Å². The minimum atomic E-state index is -2.66. The van der Waals surface area contributed by atoms with Crippen LogP contribution in [0.5, 0.6) is 0 Å². The van der Waals surface area contributed by atoms with Crippen molar-refractivity contribution in [3.63, 3.8) is 0 Å². The first kappa shape index (κ1) is 31.5. The third-order valence-electron chi connectivity index (χ3n) is 2.00. The largest absolute Gasteiger partial charge is 0.400 e. The van der Waals surface area contributed by atoms with Gasteiger partial charge >= 0.3 is 0 Å². The number of benzene rings is 1. The fourth-order valence-corrected chi connectivity index (χ4v) is 4.47. The van der Waals surface area contributed by atoms with Gasteiger partial charge in [0.15, 0.2) is 7.37 Å². The molecule has 23 heavy (non-hydrogen) atoms. The molecule has 1 unspecified atom stereocenters. The molecule has 1 radical (unpaired) electrons. The van der Waals surface area contributed by atoms with E-state index in [0.29, 0.717) is 0 Å². The summed E-state index contributed by atoms with van der Waals surface area (Å²) in [7, 11) is -4.14. The molecule has 0 saturated carbocycles. The fourth-order valence-electron chi connectivity index (χ4n) is 1.39. The van der Waals surface area contributed by atoms with E-state index >= 15 is 0 Å². The van der Waals surface area contributed by atoms with Gasteiger partial charge in [0.05, 0.1) is 0 Å². The molecule has 0 amide bonds. The fraction of sp³-hybridized carbons (Fsp3) is 0.625. The van der Waals surface area contributed by atoms with Crippen molar-refractivity contribution in [2.45, 2.75) is 33.5 Å². The minimum Gasteiger partial charge on any atom is -0.400 e. The van der Waals surface area contributed by atoms with Crippen LogP contribution in [0.25, 0.3) is 0 Å². The van der Waals surface area contributed by atoms with Crippen LogP contribution in [0.4, 0.5) is 0 Å². The molecule has 0 heterocycles. The van der Waals surface area contributed by atoms with Gasteiger partial charge in [-0.3, -0.25) is 4.57 Å². The molecule has 0 aliphatic carbocycles. The second-order valence-corrected chi connectivity index (χ2v) is 10.6. The Bertz CT molecular complexity index is 441. The Morgan fingerprint density at radius 3 is 1.48 bits per heavy atom. The molecule has 0 spiro atoms. The van der Waals surface area contributed by atoms with E-state index in [0.717, 1.165) is 12.7 Å². The van der Waals surface area contributed by atoms with Crippen molar-refractivity contribution in [1.29, 1.82) is 0 Å². The quantitative estimate of drug-likeness (QED) is 0.625. The zero-order valence-electron chi connectivity index (χ0n) is 16.1. The van der Waals surface area contributed by atoms with Crippen molar-refractivity contribution in [2.24, 2.45) is 0 Å².